The quantitative estimate of drug-likeness (QED) is 0.690. The summed E-state index contributed by atoms with van der Waals surface area (Å²) in [6.07, 6.45) is 0.426. The summed E-state index contributed by atoms with van der Waals surface area (Å²) in [5.41, 5.74) is 5.06. The zero-order valence-corrected chi connectivity index (χ0v) is 15.8. The van der Waals surface area contributed by atoms with E-state index in [1.165, 1.54) is 0 Å². The third kappa shape index (κ3) is 6.12. The monoisotopic (exact) mass is 353 g/mol. The van der Waals surface area contributed by atoms with Crippen molar-refractivity contribution in [2.45, 2.75) is 46.8 Å². The molecule has 26 heavy (non-hydrogen) atoms. The maximum absolute atomic E-state index is 12.2. The first-order valence-corrected chi connectivity index (χ1v) is 9.02. The molecule has 0 saturated heterocycles. The Labute approximate surface area is 155 Å². The largest absolute Gasteiger partial charge is 0.377 e. The summed E-state index contributed by atoms with van der Waals surface area (Å²) in [7, 11) is 0. The molecule has 2 aromatic carbocycles. The minimum atomic E-state index is -0.111. The van der Waals surface area contributed by atoms with Gasteiger partial charge in [-0.1, -0.05) is 36.4 Å². The second kappa shape index (κ2) is 9.88. The van der Waals surface area contributed by atoms with Crippen LogP contribution in [-0.4, -0.2) is 18.3 Å². The third-order valence-corrected chi connectivity index (χ3v) is 4.39. The molecular weight excluding hydrogens is 326 g/mol. The molecule has 0 bridgehead atoms. The highest BCUT2D eigenvalue weighted by Gasteiger charge is 2.10. The molecule has 0 fully saturated rings. The first-order valence-electron chi connectivity index (χ1n) is 9.02. The SMILES string of the molecule is CCOCc1ccc(CNC(=O)CCC(=O)c2ccc(C)c(C)c2)cc1. The van der Waals surface area contributed by atoms with Crippen LogP contribution < -0.4 is 5.32 Å². The zero-order chi connectivity index (χ0) is 18.9. The van der Waals surface area contributed by atoms with Gasteiger partial charge in [0.2, 0.25) is 5.91 Å². The van der Waals surface area contributed by atoms with Crippen LogP contribution in [0.2, 0.25) is 0 Å². The Morgan fingerprint density at radius 3 is 2.27 bits per heavy atom. The van der Waals surface area contributed by atoms with Gasteiger partial charge in [-0.3, -0.25) is 9.59 Å². The summed E-state index contributed by atoms with van der Waals surface area (Å²) in [6, 6.07) is 13.6. The molecule has 1 amide bonds. The molecule has 0 heterocycles. The van der Waals surface area contributed by atoms with Gasteiger partial charge in [0.15, 0.2) is 5.78 Å². The van der Waals surface area contributed by atoms with E-state index in [1.54, 1.807) is 0 Å². The van der Waals surface area contributed by atoms with Gasteiger partial charge in [0.25, 0.3) is 0 Å². The van der Waals surface area contributed by atoms with E-state index < -0.39 is 0 Å². The molecule has 0 atom stereocenters. The summed E-state index contributed by atoms with van der Waals surface area (Å²) in [5, 5.41) is 2.87. The van der Waals surface area contributed by atoms with Crippen LogP contribution in [0.25, 0.3) is 0 Å². The number of carbonyl (C=O) groups is 2. The van der Waals surface area contributed by atoms with Crippen LogP contribution in [0.5, 0.6) is 0 Å². The van der Waals surface area contributed by atoms with Crippen molar-refractivity contribution in [1.29, 1.82) is 0 Å². The highest BCUT2D eigenvalue weighted by atomic mass is 16.5. The summed E-state index contributed by atoms with van der Waals surface area (Å²) < 4.78 is 5.36. The van der Waals surface area contributed by atoms with Gasteiger partial charge in [0, 0.05) is 31.6 Å². The van der Waals surface area contributed by atoms with Crippen molar-refractivity contribution < 1.29 is 14.3 Å². The van der Waals surface area contributed by atoms with Gasteiger partial charge < -0.3 is 10.1 Å². The third-order valence-electron chi connectivity index (χ3n) is 4.39. The molecule has 4 heteroatoms. The van der Waals surface area contributed by atoms with Crippen molar-refractivity contribution in [1.82, 2.24) is 5.32 Å². The lowest BCUT2D eigenvalue weighted by atomic mass is 10.0. The maximum atomic E-state index is 12.2. The molecule has 0 saturated carbocycles. The van der Waals surface area contributed by atoms with Crippen LogP contribution in [-0.2, 0) is 22.7 Å². The van der Waals surface area contributed by atoms with Crippen LogP contribution in [0.4, 0.5) is 0 Å². The van der Waals surface area contributed by atoms with Gasteiger partial charge in [-0.15, -0.1) is 0 Å². The zero-order valence-electron chi connectivity index (χ0n) is 15.8. The van der Waals surface area contributed by atoms with Crippen molar-refractivity contribution in [2.75, 3.05) is 6.61 Å². The number of ether oxygens (including phenoxy) is 1. The van der Waals surface area contributed by atoms with E-state index >= 15 is 0 Å². The molecular formula is C22H27NO3. The van der Waals surface area contributed by atoms with E-state index in [0.717, 1.165) is 22.3 Å². The van der Waals surface area contributed by atoms with Crippen LogP contribution in [0.15, 0.2) is 42.5 Å². The molecule has 0 aliphatic heterocycles. The van der Waals surface area contributed by atoms with Gasteiger partial charge in [-0.25, -0.2) is 0 Å². The molecule has 0 aromatic heterocycles. The number of hydrogen-bond donors (Lipinski definition) is 1. The molecule has 138 valence electrons. The standard InChI is InChI=1S/C22H27NO3/c1-4-26-15-19-8-6-18(7-9-19)14-23-22(25)12-11-21(24)20-10-5-16(2)17(3)13-20/h5-10,13H,4,11-12,14-15H2,1-3H3,(H,23,25). The second-order valence-corrected chi connectivity index (χ2v) is 6.45. The predicted octanol–water partition coefficient (Wildman–Crippen LogP) is 4.12. The lowest BCUT2D eigenvalue weighted by Gasteiger charge is -2.07. The smallest absolute Gasteiger partial charge is 0.220 e. The van der Waals surface area contributed by atoms with Gasteiger partial charge in [-0.2, -0.15) is 0 Å². The Balaban J connectivity index is 1.76. The molecule has 0 spiro atoms. The molecule has 1 N–H and O–H groups in total. The molecule has 0 unspecified atom stereocenters. The van der Waals surface area contributed by atoms with Crippen molar-refractivity contribution in [3.05, 3.63) is 70.3 Å². The van der Waals surface area contributed by atoms with Crippen molar-refractivity contribution in [3.8, 4) is 0 Å². The number of nitrogens with one attached hydrogen (secondary N) is 1. The van der Waals surface area contributed by atoms with Crippen LogP contribution in [0.1, 0.15) is 52.4 Å². The molecule has 4 nitrogen and oxygen atoms in total. The Morgan fingerprint density at radius 1 is 0.923 bits per heavy atom. The van der Waals surface area contributed by atoms with E-state index in [2.05, 4.69) is 5.32 Å². The normalized spacial score (nSPS) is 10.6. The summed E-state index contributed by atoms with van der Waals surface area (Å²) >= 11 is 0. The molecule has 2 aromatic rings. The lowest BCUT2D eigenvalue weighted by Crippen LogP contribution is -2.23. The maximum Gasteiger partial charge on any atom is 0.220 e. The van der Waals surface area contributed by atoms with Gasteiger partial charge in [0.05, 0.1) is 6.61 Å². The lowest BCUT2D eigenvalue weighted by molar-refractivity contribution is -0.121. The number of amides is 1. The number of rotatable bonds is 9. The van der Waals surface area contributed by atoms with Crippen molar-refractivity contribution in [3.63, 3.8) is 0 Å². The van der Waals surface area contributed by atoms with E-state index in [0.29, 0.717) is 25.3 Å². The van der Waals surface area contributed by atoms with Crippen LogP contribution in [0, 0.1) is 13.8 Å². The Kier molecular flexibility index (Phi) is 7.54. The fourth-order valence-corrected chi connectivity index (χ4v) is 2.55. The molecule has 0 radical (unpaired) electrons. The molecule has 0 aliphatic carbocycles. The first kappa shape index (κ1) is 19.9. The Morgan fingerprint density at radius 2 is 1.62 bits per heavy atom. The van der Waals surface area contributed by atoms with E-state index in [-0.39, 0.29) is 24.5 Å². The van der Waals surface area contributed by atoms with Gasteiger partial charge in [-0.05, 0) is 49.1 Å². The average Bonchev–Trinajstić information content (AvgIpc) is 2.65. The van der Waals surface area contributed by atoms with Gasteiger partial charge >= 0.3 is 0 Å². The number of benzene rings is 2. The van der Waals surface area contributed by atoms with Crippen LogP contribution >= 0.6 is 0 Å². The number of Topliss-reactive ketones (excluding diaryl/α,β-unsaturated/α-hetero) is 1. The van der Waals surface area contributed by atoms with Crippen LogP contribution in [0.3, 0.4) is 0 Å². The Hall–Kier alpha value is -2.46. The number of ketones is 1. The molecule has 2 rings (SSSR count). The summed E-state index contributed by atoms with van der Waals surface area (Å²) in [6.45, 7) is 7.72. The van der Waals surface area contributed by atoms with E-state index in [1.807, 2.05) is 63.2 Å². The number of hydrogen-bond acceptors (Lipinski definition) is 3. The van der Waals surface area contributed by atoms with E-state index in [4.69, 9.17) is 4.74 Å². The Bertz CT molecular complexity index is 750. The average molecular weight is 353 g/mol. The van der Waals surface area contributed by atoms with E-state index in [9.17, 15) is 9.59 Å². The fourth-order valence-electron chi connectivity index (χ4n) is 2.55. The highest BCUT2D eigenvalue weighted by molar-refractivity contribution is 5.98. The minimum Gasteiger partial charge on any atom is -0.377 e. The first-order chi connectivity index (χ1) is 12.5. The number of carbonyl (C=O) groups excluding carboxylic acids is 2. The topological polar surface area (TPSA) is 55.4 Å². The number of aryl methyl sites for hydroxylation is 2. The van der Waals surface area contributed by atoms with Crippen molar-refractivity contribution >= 4 is 11.7 Å². The highest BCUT2D eigenvalue weighted by Crippen LogP contribution is 2.12. The second-order valence-electron chi connectivity index (χ2n) is 6.45. The van der Waals surface area contributed by atoms with Gasteiger partial charge in [0.1, 0.15) is 0 Å². The fraction of sp³-hybridized carbons (Fsp3) is 0.364. The summed E-state index contributed by atoms with van der Waals surface area (Å²) in [4.78, 5) is 24.2. The summed E-state index contributed by atoms with van der Waals surface area (Å²) in [5.74, 6) is -0.107. The predicted molar refractivity (Wildman–Crippen MR) is 103 cm³/mol. The minimum absolute atomic E-state index is 0.00327. The molecule has 0 aliphatic rings. The van der Waals surface area contributed by atoms with Crippen molar-refractivity contribution in [2.24, 2.45) is 0 Å².